The average Bonchev–Trinajstić information content (AvgIpc) is 2.43. The van der Waals surface area contributed by atoms with Gasteiger partial charge in [0.1, 0.15) is 5.82 Å². The van der Waals surface area contributed by atoms with Crippen LogP contribution < -0.4 is 11.1 Å². The molecular formula is C14H20FN3O2. The van der Waals surface area contributed by atoms with Crippen LogP contribution in [0.25, 0.3) is 0 Å². The number of nitrogens with zero attached hydrogens (tertiary/aromatic N) is 1. The van der Waals surface area contributed by atoms with Crippen LogP contribution in [-0.4, -0.2) is 42.2 Å². The first-order chi connectivity index (χ1) is 9.58. The number of aliphatic hydroxyl groups excluding tert-OH is 1. The molecule has 0 aromatic heterocycles. The number of rotatable bonds is 4. The highest BCUT2D eigenvalue weighted by Gasteiger charge is 2.20. The van der Waals surface area contributed by atoms with E-state index in [9.17, 15) is 9.18 Å². The number of carbonyl (C=O) groups is 1. The van der Waals surface area contributed by atoms with Gasteiger partial charge in [0.05, 0.1) is 17.9 Å². The van der Waals surface area contributed by atoms with Gasteiger partial charge >= 0.3 is 0 Å². The van der Waals surface area contributed by atoms with E-state index in [4.69, 9.17) is 10.8 Å². The number of carbonyl (C=O) groups excluding carboxylic acids is 1. The maximum absolute atomic E-state index is 12.9. The van der Waals surface area contributed by atoms with Gasteiger partial charge in [-0.3, -0.25) is 9.69 Å². The van der Waals surface area contributed by atoms with E-state index in [1.54, 1.807) is 0 Å². The van der Waals surface area contributed by atoms with Crippen molar-refractivity contribution in [2.24, 2.45) is 5.92 Å². The molecule has 0 spiro atoms. The van der Waals surface area contributed by atoms with Crippen molar-refractivity contribution in [2.45, 2.75) is 12.8 Å². The molecule has 0 aliphatic carbocycles. The summed E-state index contributed by atoms with van der Waals surface area (Å²) in [4.78, 5) is 14.0. The van der Waals surface area contributed by atoms with Crippen molar-refractivity contribution in [1.29, 1.82) is 0 Å². The van der Waals surface area contributed by atoms with Crippen LogP contribution >= 0.6 is 0 Å². The number of nitrogen functional groups attached to an aromatic ring is 1. The molecule has 1 fully saturated rings. The predicted molar refractivity (Wildman–Crippen MR) is 75.7 cm³/mol. The maximum atomic E-state index is 12.9. The molecule has 6 heteroatoms. The molecule has 5 nitrogen and oxygen atoms in total. The van der Waals surface area contributed by atoms with Gasteiger partial charge in [0.25, 0.3) is 0 Å². The van der Waals surface area contributed by atoms with Crippen molar-refractivity contribution in [3.8, 4) is 0 Å². The van der Waals surface area contributed by atoms with Crippen LogP contribution in [0.15, 0.2) is 18.2 Å². The second-order valence-corrected chi connectivity index (χ2v) is 5.18. The Bertz CT molecular complexity index is 473. The molecule has 20 heavy (non-hydrogen) atoms. The number of piperidine rings is 1. The lowest BCUT2D eigenvalue weighted by Crippen LogP contribution is -2.39. The molecule has 1 aliphatic heterocycles. The van der Waals surface area contributed by atoms with Crippen LogP contribution in [0.5, 0.6) is 0 Å². The molecule has 110 valence electrons. The third-order valence-electron chi connectivity index (χ3n) is 3.62. The van der Waals surface area contributed by atoms with E-state index in [0.717, 1.165) is 25.9 Å². The van der Waals surface area contributed by atoms with Gasteiger partial charge in [-0.2, -0.15) is 0 Å². The SMILES string of the molecule is Nc1cc(F)ccc1NC(=O)CN1CCC(CO)CC1. The van der Waals surface area contributed by atoms with Gasteiger partial charge in [-0.1, -0.05) is 0 Å². The highest BCUT2D eigenvalue weighted by atomic mass is 19.1. The number of amides is 1. The molecule has 4 N–H and O–H groups in total. The first-order valence-electron chi connectivity index (χ1n) is 6.76. The summed E-state index contributed by atoms with van der Waals surface area (Å²) in [6.45, 7) is 2.11. The van der Waals surface area contributed by atoms with E-state index in [0.29, 0.717) is 11.6 Å². The number of nitrogens with two attached hydrogens (primary N) is 1. The van der Waals surface area contributed by atoms with Crippen molar-refractivity contribution in [2.75, 3.05) is 37.3 Å². The monoisotopic (exact) mass is 281 g/mol. The van der Waals surface area contributed by atoms with Crippen LogP contribution in [0.4, 0.5) is 15.8 Å². The second-order valence-electron chi connectivity index (χ2n) is 5.18. The number of nitrogens with one attached hydrogen (secondary N) is 1. The zero-order chi connectivity index (χ0) is 14.5. The van der Waals surface area contributed by atoms with Crippen LogP contribution in [0.2, 0.25) is 0 Å². The second kappa shape index (κ2) is 6.67. The van der Waals surface area contributed by atoms with E-state index in [-0.39, 0.29) is 24.7 Å². The minimum Gasteiger partial charge on any atom is -0.397 e. The van der Waals surface area contributed by atoms with Crippen LogP contribution in [0.3, 0.4) is 0 Å². The number of likely N-dealkylation sites (tertiary alicyclic amines) is 1. The summed E-state index contributed by atoms with van der Waals surface area (Å²) in [7, 11) is 0. The normalized spacial score (nSPS) is 17.1. The fourth-order valence-electron chi connectivity index (χ4n) is 2.37. The Morgan fingerprint density at radius 3 is 2.75 bits per heavy atom. The molecule has 1 heterocycles. The van der Waals surface area contributed by atoms with E-state index in [1.807, 2.05) is 4.90 Å². The van der Waals surface area contributed by atoms with Crippen molar-refractivity contribution in [1.82, 2.24) is 4.90 Å². The van der Waals surface area contributed by atoms with Crippen LogP contribution in [0, 0.1) is 11.7 Å². The maximum Gasteiger partial charge on any atom is 0.238 e. The van der Waals surface area contributed by atoms with E-state index in [2.05, 4.69) is 5.32 Å². The molecule has 1 aliphatic rings. The molecule has 0 bridgehead atoms. The summed E-state index contributed by atoms with van der Waals surface area (Å²) in [5, 5.41) is 11.8. The Labute approximate surface area is 117 Å². The standard InChI is InChI=1S/C14H20FN3O2/c15-11-1-2-13(12(16)7-11)17-14(20)8-18-5-3-10(9-19)4-6-18/h1-2,7,10,19H,3-6,8-9,16H2,(H,17,20). The summed E-state index contributed by atoms with van der Waals surface area (Å²) in [5.74, 6) is -0.237. The van der Waals surface area contributed by atoms with Crippen molar-refractivity contribution in [3.63, 3.8) is 0 Å². The summed E-state index contributed by atoms with van der Waals surface area (Å²) in [6.07, 6.45) is 1.81. The smallest absolute Gasteiger partial charge is 0.238 e. The minimum atomic E-state index is -0.424. The van der Waals surface area contributed by atoms with E-state index in [1.165, 1.54) is 18.2 Å². The summed E-state index contributed by atoms with van der Waals surface area (Å²) in [6, 6.07) is 3.90. The summed E-state index contributed by atoms with van der Waals surface area (Å²) >= 11 is 0. The largest absolute Gasteiger partial charge is 0.397 e. The molecule has 0 atom stereocenters. The van der Waals surface area contributed by atoms with Gasteiger partial charge in [-0.15, -0.1) is 0 Å². The minimum absolute atomic E-state index is 0.161. The Kier molecular flexibility index (Phi) is 4.92. The number of halogens is 1. The number of benzene rings is 1. The molecule has 0 saturated carbocycles. The lowest BCUT2D eigenvalue weighted by atomic mass is 9.98. The van der Waals surface area contributed by atoms with Crippen LogP contribution in [0.1, 0.15) is 12.8 Å². The zero-order valence-corrected chi connectivity index (χ0v) is 11.3. The number of anilines is 2. The molecule has 1 aromatic rings. The van der Waals surface area contributed by atoms with Gasteiger partial charge in [-0.05, 0) is 50.0 Å². The van der Waals surface area contributed by atoms with Crippen LogP contribution in [-0.2, 0) is 4.79 Å². The van der Waals surface area contributed by atoms with Crippen molar-refractivity contribution in [3.05, 3.63) is 24.0 Å². The fraction of sp³-hybridized carbons (Fsp3) is 0.500. The average molecular weight is 281 g/mol. The highest BCUT2D eigenvalue weighted by Crippen LogP contribution is 2.20. The highest BCUT2D eigenvalue weighted by molar-refractivity contribution is 5.95. The molecule has 0 unspecified atom stereocenters. The fourth-order valence-corrected chi connectivity index (χ4v) is 2.37. The Morgan fingerprint density at radius 2 is 2.15 bits per heavy atom. The molecule has 1 amide bonds. The number of hydrogen-bond acceptors (Lipinski definition) is 4. The van der Waals surface area contributed by atoms with Crippen molar-refractivity contribution < 1.29 is 14.3 Å². The lowest BCUT2D eigenvalue weighted by Gasteiger charge is -2.30. The summed E-state index contributed by atoms with van der Waals surface area (Å²) < 4.78 is 12.9. The first-order valence-corrected chi connectivity index (χ1v) is 6.76. The van der Waals surface area contributed by atoms with Gasteiger partial charge in [0.2, 0.25) is 5.91 Å². The molecule has 2 rings (SSSR count). The zero-order valence-electron chi connectivity index (χ0n) is 11.3. The van der Waals surface area contributed by atoms with Crippen molar-refractivity contribution >= 4 is 17.3 Å². The number of hydrogen-bond donors (Lipinski definition) is 3. The van der Waals surface area contributed by atoms with Gasteiger partial charge in [0, 0.05) is 6.61 Å². The third kappa shape index (κ3) is 3.91. The third-order valence-corrected chi connectivity index (χ3v) is 3.62. The molecule has 1 aromatic carbocycles. The predicted octanol–water partition coefficient (Wildman–Crippen LogP) is 1.05. The lowest BCUT2D eigenvalue weighted by molar-refractivity contribution is -0.117. The van der Waals surface area contributed by atoms with Gasteiger partial charge in [-0.25, -0.2) is 4.39 Å². The Morgan fingerprint density at radius 1 is 1.45 bits per heavy atom. The molecule has 1 saturated heterocycles. The Balaban J connectivity index is 1.84. The quantitative estimate of drug-likeness (QED) is 0.721. The summed E-state index contributed by atoms with van der Waals surface area (Å²) in [5.41, 5.74) is 6.29. The molecule has 0 radical (unpaired) electrons. The molecular weight excluding hydrogens is 261 g/mol. The first kappa shape index (κ1) is 14.7. The topological polar surface area (TPSA) is 78.6 Å². The van der Waals surface area contributed by atoms with Gasteiger partial charge in [0.15, 0.2) is 0 Å². The Hall–Kier alpha value is -1.66. The van der Waals surface area contributed by atoms with E-state index < -0.39 is 5.82 Å². The van der Waals surface area contributed by atoms with E-state index >= 15 is 0 Å². The van der Waals surface area contributed by atoms with Gasteiger partial charge < -0.3 is 16.2 Å². The number of aliphatic hydroxyl groups is 1.